The van der Waals surface area contributed by atoms with E-state index in [2.05, 4.69) is 16.2 Å². The second-order valence-corrected chi connectivity index (χ2v) is 5.61. The van der Waals surface area contributed by atoms with Crippen LogP contribution in [-0.2, 0) is 0 Å². The lowest BCUT2D eigenvalue weighted by molar-refractivity contribution is 0.674. The van der Waals surface area contributed by atoms with Gasteiger partial charge in [-0.1, -0.05) is 24.4 Å². The number of nitrogens with zero attached hydrogens (tertiary/aromatic N) is 4. The molecule has 1 aliphatic carbocycles. The minimum atomic E-state index is 0.355. The molecule has 0 saturated heterocycles. The van der Waals surface area contributed by atoms with E-state index in [9.17, 15) is 5.26 Å². The van der Waals surface area contributed by atoms with Gasteiger partial charge >= 0.3 is 0 Å². The molecule has 3 rings (SSSR count). The van der Waals surface area contributed by atoms with Crippen molar-refractivity contribution in [2.75, 3.05) is 0 Å². The van der Waals surface area contributed by atoms with Gasteiger partial charge in [0, 0.05) is 12.1 Å². The Labute approximate surface area is 123 Å². The summed E-state index contributed by atoms with van der Waals surface area (Å²) in [4.78, 5) is 4.29. The minimum Gasteiger partial charge on any atom is -0.237 e. The standard InChI is InChI=1S/C15H15ClN4/c1-10-6-7-18-13(8-10)20-15(16)12(9-17)14(19-20)11-4-2-3-5-11/h6-8,11H,2-5H2,1H3. The van der Waals surface area contributed by atoms with Gasteiger partial charge in [0.15, 0.2) is 11.0 Å². The molecule has 0 unspecified atom stereocenters. The van der Waals surface area contributed by atoms with Crippen LogP contribution in [0.15, 0.2) is 18.3 Å². The van der Waals surface area contributed by atoms with Gasteiger partial charge in [0.05, 0.1) is 5.69 Å². The molecule has 0 amide bonds. The van der Waals surface area contributed by atoms with Gasteiger partial charge in [-0.15, -0.1) is 0 Å². The third-order valence-corrected chi connectivity index (χ3v) is 4.18. The predicted octanol–water partition coefficient (Wildman–Crippen LogP) is 3.76. The van der Waals surface area contributed by atoms with E-state index in [0.29, 0.717) is 22.5 Å². The molecule has 4 nitrogen and oxygen atoms in total. The molecular weight excluding hydrogens is 272 g/mol. The average molecular weight is 287 g/mol. The monoisotopic (exact) mass is 286 g/mol. The van der Waals surface area contributed by atoms with Crippen LogP contribution in [0.4, 0.5) is 0 Å². The minimum absolute atomic E-state index is 0.355. The van der Waals surface area contributed by atoms with Crippen molar-refractivity contribution in [2.45, 2.75) is 38.5 Å². The van der Waals surface area contributed by atoms with Crippen LogP contribution in [0.3, 0.4) is 0 Å². The molecule has 1 aliphatic rings. The van der Waals surface area contributed by atoms with Crippen LogP contribution in [0.1, 0.15) is 48.4 Å². The molecule has 20 heavy (non-hydrogen) atoms. The summed E-state index contributed by atoms with van der Waals surface area (Å²) >= 11 is 6.33. The lowest BCUT2D eigenvalue weighted by Crippen LogP contribution is -2.02. The van der Waals surface area contributed by atoms with Crippen molar-refractivity contribution in [3.05, 3.63) is 40.3 Å². The maximum absolute atomic E-state index is 9.37. The lowest BCUT2D eigenvalue weighted by Gasteiger charge is -2.05. The van der Waals surface area contributed by atoms with Gasteiger partial charge in [0.2, 0.25) is 0 Å². The van der Waals surface area contributed by atoms with Crippen LogP contribution < -0.4 is 0 Å². The number of aryl methyl sites for hydroxylation is 1. The van der Waals surface area contributed by atoms with Crippen molar-refractivity contribution in [2.24, 2.45) is 0 Å². The van der Waals surface area contributed by atoms with Crippen molar-refractivity contribution >= 4 is 11.6 Å². The molecule has 0 spiro atoms. The van der Waals surface area contributed by atoms with Crippen LogP contribution in [0, 0.1) is 18.3 Å². The van der Waals surface area contributed by atoms with E-state index in [1.165, 1.54) is 12.8 Å². The van der Waals surface area contributed by atoms with Crippen molar-refractivity contribution in [3.8, 4) is 11.9 Å². The molecule has 2 aromatic heterocycles. The van der Waals surface area contributed by atoms with Gasteiger partial charge in [-0.3, -0.25) is 0 Å². The predicted molar refractivity (Wildman–Crippen MR) is 77.0 cm³/mol. The van der Waals surface area contributed by atoms with Crippen molar-refractivity contribution in [3.63, 3.8) is 0 Å². The van der Waals surface area contributed by atoms with Gasteiger partial charge < -0.3 is 0 Å². The first kappa shape index (κ1) is 13.1. The zero-order valence-corrected chi connectivity index (χ0v) is 12.1. The first-order valence-electron chi connectivity index (χ1n) is 6.82. The van der Waals surface area contributed by atoms with Crippen LogP contribution in [-0.4, -0.2) is 14.8 Å². The van der Waals surface area contributed by atoms with Gasteiger partial charge in [0.1, 0.15) is 11.6 Å². The molecule has 1 fully saturated rings. The highest BCUT2D eigenvalue weighted by Gasteiger charge is 2.27. The maximum Gasteiger partial charge on any atom is 0.155 e. The molecule has 2 heterocycles. The molecule has 1 saturated carbocycles. The molecule has 102 valence electrons. The average Bonchev–Trinajstić information content (AvgIpc) is 3.05. The van der Waals surface area contributed by atoms with E-state index in [1.807, 2.05) is 19.1 Å². The summed E-state index contributed by atoms with van der Waals surface area (Å²) in [6.45, 7) is 1.99. The molecule has 0 aliphatic heterocycles. The van der Waals surface area contributed by atoms with Gasteiger partial charge in [0.25, 0.3) is 0 Å². The molecule has 2 aromatic rings. The molecule has 0 N–H and O–H groups in total. The Balaban J connectivity index is 2.11. The van der Waals surface area contributed by atoms with Gasteiger partial charge in [-0.2, -0.15) is 10.4 Å². The molecule has 0 bridgehead atoms. The largest absolute Gasteiger partial charge is 0.237 e. The van der Waals surface area contributed by atoms with E-state index in [-0.39, 0.29) is 0 Å². The topological polar surface area (TPSA) is 54.5 Å². The van der Waals surface area contributed by atoms with Crippen LogP contribution in [0.25, 0.3) is 5.82 Å². The second-order valence-electron chi connectivity index (χ2n) is 5.25. The van der Waals surface area contributed by atoms with E-state index in [0.717, 1.165) is 24.1 Å². The summed E-state index contributed by atoms with van der Waals surface area (Å²) in [7, 11) is 0. The number of hydrogen-bond acceptors (Lipinski definition) is 3. The molecule has 0 radical (unpaired) electrons. The smallest absolute Gasteiger partial charge is 0.155 e. The third-order valence-electron chi connectivity index (χ3n) is 3.83. The van der Waals surface area contributed by atoms with Crippen LogP contribution >= 0.6 is 11.6 Å². The summed E-state index contributed by atoms with van der Waals surface area (Å²) < 4.78 is 1.58. The normalized spacial score (nSPS) is 15.4. The Kier molecular flexibility index (Phi) is 3.45. The first-order chi connectivity index (χ1) is 9.70. The second kappa shape index (κ2) is 5.26. The SMILES string of the molecule is Cc1ccnc(-n2nc(C3CCCC3)c(C#N)c2Cl)c1. The molecule has 0 atom stereocenters. The number of nitriles is 1. The summed E-state index contributed by atoms with van der Waals surface area (Å²) in [5, 5.41) is 14.3. The van der Waals surface area contributed by atoms with E-state index < -0.39 is 0 Å². The Morgan fingerprint density at radius 3 is 2.80 bits per heavy atom. The highest BCUT2D eigenvalue weighted by atomic mass is 35.5. The van der Waals surface area contributed by atoms with Gasteiger partial charge in [-0.05, 0) is 37.5 Å². The number of hydrogen-bond donors (Lipinski definition) is 0. The molecule has 5 heteroatoms. The maximum atomic E-state index is 9.37. The Morgan fingerprint density at radius 2 is 2.15 bits per heavy atom. The first-order valence-corrected chi connectivity index (χ1v) is 7.20. The third kappa shape index (κ3) is 2.19. The highest BCUT2D eigenvalue weighted by Crippen LogP contribution is 2.37. The summed E-state index contributed by atoms with van der Waals surface area (Å²) in [6, 6.07) is 6.04. The fraction of sp³-hybridized carbons (Fsp3) is 0.400. The Morgan fingerprint density at radius 1 is 1.40 bits per heavy atom. The van der Waals surface area contributed by atoms with E-state index in [1.54, 1.807) is 10.9 Å². The molecule has 0 aromatic carbocycles. The zero-order valence-electron chi connectivity index (χ0n) is 11.3. The quantitative estimate of drug-likeness (QED) is 0.844. The number of rotatable bonds is 2. The van der Waals surface area contributed by atoms with Crippen molar-refractivity contribution in [1.82, 2.24) is 14.8 Å². The number of aromatic nitrogens is 3. The van der Waals surface area contributed by atoms with Crippen molar-refractivity contribution < 1.29 is 0 Å². The summed E-state index contributed by atoms with van der Waals surface area (Å²) in [6.07, 6.45) is 6.29. The number of pyridine rings is 1. The van der Waals surface area contributed by atoms with E-state index in [4.69, 9.17) is 11.6 Å². The summed E-state index contributed by atoms with van der Waals surface area (Å²) in [5.41, 5.74) is 2.42. The van der Waals surface area contributed by atoms with Crippen molar-refractivity contribution in [1.29, 1.82) is 5.26 Å². The Hall–Kier alpha value is -1.86. The fourth-order valence-corrected chi connectivity index (χ4v) is 3.05. The highest BCUT2D eigenvalue weighted by molar-refractivity contribution is 6.31. The Bertz CT molecular complexity index is 678. The van der Waals surface area contributed by atoms with Crippen LogP contribution in [0.2, 0.25) is 5.15 Å². The van der Waals surface area contributed by atoms with E-state index >= 15 is 0 Å². The molecular formula is C15H15ClN4. The van der Waals surface area contributed by atoms with Gasteiger partial charge in [-0.25, -0.2) is 9.67 Å². The lowest BCUT2D eigenvalue weighted by atomic mass is 10.0. The number of halogens is 1. The zero-order chi connectivity index (χ0) is 14.1. The summed E-state index contributed by atoms with van der Waals surface area (Å²) in [5.74, 6) is 1.02. The van der Waals surface area contributed by atoms with Crippen LogP contribution in [0.5, 0.6) is 0 Å². The fourth-order valence-electron chi connectivity index (χ4n) is 2.79.